The summed E-state index contributed by atoms with van der Waals surface area (Å²) in [6.45, 7) is 1.85. The third kappa shape index (κ3) is 8.91. The normalized spacial score (nSPS) is 12.0. The summed E-state index contributed by atoms with van der Waals surface area (Å²) in [5.41, 5.74) is 0. The molecule has 76 valence electrons. The fourth-order valence-corrected chi connectivity index (χ4v) is 0.617. The number of hydrogen-bond acceptors (Lipinski definition) is 2. The van der Waals surface area contributed by atoms with Crippen molar-refractivity contribution in [3.8, 4) is 0 Å². The van der Waals surface area contributed by atoms with Crippen molar-refractivity contribution in [1.29, 1.82) is 0 Å². The maximum atomic E-state index is 11.6. The number of rotatable bonds is 4. The number of carbonyl (C=O) groups excluding carboxylic acids is 1. The Bertz CT molecular complexity index is 184. The summed E-state index contributed by atoms with van der Waals surface area (Å²) >= 11 is 0. The van der Waals surface area contributed by atoms with E-state index in [4.69, 9.17) is 0 Å². The fourth-order valence-electron chi connectivity index (χ4n) is 0.617. The van der Waals surface area contributed by atoms with Gasteiger partial charge in [-0.05, 0) is 13.3 Å². The van der Waals surface area contributed by atoms with E-state index in [-0.39, 0.29) is 13.0 Å². The van der Waals surface area contributed by atoms with Gasteiger partial charge in [-0.15, -0.1) is 0 Å². The van der Waals surface area contributed by atoms with Crippen molar-refractivity contribution in [3.05, 3.63) is 12.2 Å². The second kappa shape index (κ2) is 5.61. The van der Waals surface area contributed by atoms with Gasteiger partial charge in [0, 0.05) is 12.5 Å². The lowest BCUT2D eigenvalue weighted by molar-refractivity contribution is -0.138. The molecule has 0 spiro atoms. The third-order valence-corrected chi connectivity index (χ3v) is 1.14. The van der Waals surface area contributed by atoms with Crippen molar-refractivity contribution in [2.75, 3.05) is 6.61 Å². The molecule has 0 aromatic rings. The van der Waals surface area contributed by atoms with Gasteiger partial charge in [-0.3, -0.25) is 0 Å². The SMILES string of the molecule is CCOC(=O)/C=C/CCC(F)(F)F. The van der Waals surface area contributed by atoms with Crippen molar-refractivity contribution in [3.63, 3.8) is 0 Å². The molecule has 5 heteroatoms. The molecule has 0 radical (unpaired) electrons. The predicted octanol–water partition coefficient (Wildman–Crippen LogP) is 2.45. The van der Waals surface area contributed by atoms with Gasteiger partial charge >= 0.3 is 12.1 Å². The largest absolute Gasteiger partial charge is 0.463 e. The molecule has 0 rings (SSSR count). The lowest BCUT2D eigenvalue weighted by Gasteiger charge is -2.01. The second-order valence-corrected chi connectivity index (χ2v) is 2.31. The summed E-state index contributed by atoms with van der Waals surface area (Å²) in [5.74, 6) is -0.607. The van der Waals surface area contributed by atoms with Crippen LogP contribution in [0.1, 0.15) is 19.8 Å². The van der Waals surface area contributed by atoms with E-state index in [0.29, 0.717) is 0 Å². The van der Waals surface area contributed by atoms with Gasteiger partial charge in [0.15, 0.2) is 0 Å². The molecule has 0 heterocycles. The van der Waals surface area contributed by atoms with Crippen LogP contribution in [0.2, 0.25) is 0 Å². The Balaban J connectivity index is 3.58. The Labute approximate surface area is 74.4 Å². The van der Waals surface area contributed by atoms with Crippen LogP contribution in [-0.2, 0) is 9.53 Å². The fraction of sp³-hybridized carbons (Fsp3) is 0.625. The van der Waals surface area contributed by atoms with E-state index in [9.17, 15) is 18.0 Å². The van der Waals surface area contributed by atoms with Crippen LogP contribution in [0, 0.1) is 0 Å². The Morgan fingerprint density at radius 3 is 2.54 bits per heavy atom. The minimum Gasteiger partial charge on any atom is -0.463 e. The molecule has 0 fully saturated rings. The van der Waals surface area contributed by atoms with E-state index in [1.165, 1.54) is 0 Å². The molecule has 0 aromatic heterocycles. The van der Waals surface area contributed by atoms with E-state index in [1.807, 2.05) is 0 Å². The molecule has 0 bridgehead atoms. The Morgan fingerprint density at radius 2 is 2.08 bits per heavy atom. The third-order valence-electron chi connectivity index (χ3n) is 1.14. The first-order chi connectivity index (χ1) is 5.95. The minimum atomic E-state index is -4.17. The molecule has 0 aliphatic carbocycles. The van der Waals surface area contributed by atoms with E-state index in [0.717, 1.165) is 12.2 Å². The first-order valence-corrected chi connectivity index (χ1v) is 3.85. The average molecular weight is 196 g/mol. The van der Waals surface area contributed by atoms with Gasteiger partial charge in [0.1, 0.15) is 0 Å². The van der Waals surface area contributed by atoms with E-state index in [2.05, 4.69) is 4.74 Å². The van der Waals surface area contributed by atoms with Gasteiger partial charge in [-0.2, -0.15) is 13.2 Å². The monoisotopic (exact) mass is 196 g/mol. The van der Waals surface area contributed by atoms with Crippen molar-refractivity contribution >= 4 is 5.97 Å². The lowest BCUT2D eigenvalue weighted by atomic mass is 10.3. The summed E-state index contributed by atoms with van der Waals surface area (Å²) in [4.78, 5) is 10.6. The summed E-state index contributed by atoms with van der Waals surface area (Å²) in [6, 6.07) is 0. The van der Waals surface area contributed by atoms with E-state index in [1.54, 1.807) is 6.92 Å². The van der Waals surface area contributed by atoms with Crippen LogP contribution in [0.15, 0.2) is 12.2 Å². The highest BCUT2D eigenvalue weighted by atomic mass is 19.4. The molecule has 2 nitrogen and oxygen atoms in total. The Morgan fingerprint density at radius 1 is 1.46 bits per heavy atom. The van der Waals surface area contributed by atoms with Crippen molar-refractivity contribution in [2.24, 2.45) is 0 Å². The zero-order valence-electron chi connectivity index (χ0n) is 7.23. The molecular weight excluding hydrogens is 185 g/mol. The first-order valence-electron chi connectivity index (χ1n) is 3.85. The topological polar surface area (TPSA) is 26.3 Å². The van der Waals surface area contributed by atoms with Crippen LogP contribution in [0.25, 0.3) is 0 Å². The highest BCUT2D eigenvalue weighted by molar-refractivity contribution is 5.81. The Hall–Kier alpha value is -1.00. The minimum absolute atomic E-state index is 0.192. The van der Waals surface area contributed by atoms with Gasteiger partial charge in [-0.25, -0.2) is 4.79 Å². The first kappa shape index (κ1) is 12.0. The molecule has 0 unspecified atom stereocenters. The standard InChI is InChI=1S/C8H11F3O2/c1-2-13-7(12)5-3-4-6-8(9,10)11/h3,5H,2,4,6H2,1H3/b5-3+. The van der Waals surface area contributed by atoms with Crippen LogP contribution in [0.5, 0.6) is 0 Å². The maximum absolute atomic E-state index is 11.6. The molecule has 0 saturated carbocycles. The van der Waals surface area contributed by atoms with Crippen molar-refractivity contribution in [1.82, 2.24) is 0 Å². The maximum Gasteiger partial charge on any atom is 0.389 e. The van der Waals surface area contributed by atoms with E-state index >= 15 is 0 Å². The van der Waals surface area contributed by atoms with Crippen LogP contribution in [-0.4, -0.2) is 18.8 Å². The molecule has 0 aliphatic heterocycles. The molecule has 0 atom stereocenters. The molecular formula is C8H11F3O2. The second-order valence-electron chi connectivity index (χ2n) is 2.31. The predicted molar refractivity (Wildman–Crippen MR) is 41.1 cm³/mol. The van der Waals surface area contributed by atoms with Crippen LogP contribution >= 0.6 is 0 Å². The summed E-state index contributed by atoms with van der Waals surface area (Å²) < 4.78 is 39.2. The van der Waals surface area contributed by atoms with Crippen LogP contribution in [0.4, 0.5) is 13.2 Å². The van der Waals surface area contributed by atoms with Gasteiger partial charge in [0.05, 0.1) is 6.61 Å². The molecule has 0 aliphatic rings. The Kier molecular flexibility index (Phi) is 5.18. The zero-order chi connectivity index (χ0) is 10.3. The molecule has 0 N–H and O–H groups in total. The van der Waals surface area contributed by atoms with E-state index < -0.39 is 18.6 Å². The summed E-state index contributed by atoms with van der Waals surface area (Å²) in [6.07, 6.45) is -3.11. The van der Waals surface area contributed by atoms with Gasteiger partial charge in [0.25, 0.3) is 0 Å². The number of carbonyl (C=O) groups is 1. The molecule has 0 aromatic carbocycles. The summed E-state index contributed by atoms with van der Waals surface area (Å²) in [7, 11) is 0. The van der Waals surface area contributed by atoms with Crippen LogP contribution < -0.4 is 0 Å². The number of esters is 1. The number of ether oxygens (including phenoxy) is 1. The molecule has 0 amide bonds. The van der Waals surface area contributed by atoms with Crippen molar-refractivity contribution < 1.29 is 22.7 Å². The highest BCUT2D eigenvalue weighted by Gasteiger charge is 2.25. The molecule has 0 saturated heterocycles. The number of alkyl halides is 3. The van der Waals surface area contributed by atoms with Gasteiger partial charge in [-0.1, -0.05) is 6.08 Å². The lowest BCUT2D eigenvalue weighted by Crippen LogP contribution is -2.05. The van der Waals surface area contributed by atoms with Gasteiger partial charge in [0.2, 0.25) is 0 Å². The number of halogens is 3. The average Bonchev–Trinajstić information content (AvgIpc) is 1.97. The van der Waals surface area contributed by atoms with Crippen LogP contribution in [0.3, 0.4) is 0 Å². The smallest absolute Gasteiger partial charge is 0.389 e. The molecule has 13 heavy (non-hydrogen) atoms. The number of hydrogen-bond donors (Lipinski definition) is 0. The number of allylic oxidation sites excluding steroid dienone is 1. The van der Waals surface area contributed by atoms with Gasteiger partial charge < -0.3 is 4.74 Å². The highest BCUT2D eigenvalue weighted by Crippen LogP contribution is 2.21. The van der Waals surface area contributed by atoms with Crippen molar-refractivity contribution in [2.45, 2.75) is 25.9 Å². The summed E-state index contributed by atoms with van der Waals surface area (Å²) in [5, 5.41) is 0. The quantitative estimate of drug-likeness (QED) is 0.510. The zero-order valence-corrected chi connectivity index (χ0v) is 7.23.